The van der Waals surface area contributed by atoms with E-state index in [0.717, 1.165) is 44.5 Å². The van der Waals surface area contributed by atoms with Gasteiger partial charge in [0.15, 0.2) is 0 Å². The van der Waals surface area contributed by atoms with Gasteiger partial charge >= 0.3 is 0 Å². The number of aromatic nitrogens is 1. The normalized spacial score (nSPS) is 29.6. The Kier molecular flexibility index (Phi) is 7.48. The topological polar surface area (TPSA) is 98.8 Å². The van der Waals surface area contributed by atoms with Crippen LogP contribution in [-0.2, 0) is 19.5 Å². The first kappa shape index (κ1) is 22.9. The standard InChI is InChI=1S/C22H35N3O5S/c1-3-29-22-21(15(2)8-10-24-22)16-4-6-17(7-5-16)30-14-20-19(9-11-23-20)25-31(26,27)18-12-28-13-18/h8,10,16-20,23,25H,3-7,9,11-14H2,1-2H3/t16-,17+,19-,20-/m0/s1. The van der Waals surface area contributed by atoms with Crippen molar-refractivity contribution in [2.75, 3.05) is 33.0 Å². The fourth-order valence-electron chi connectivity index (χ4n) is 4.84. The van der Waals surface area contributed by atoms with E-state index in [0.29, 0.717) is 32.3 Å². The minimum atomic E-state index is -3.32. The molecule has 1 aliphatic carbocycles. The van der Waals surface area contributed by atoms with E-state index in [1.165, 1.54) is 11.1 Å². The van der Waals surface area contributed by atoms with E-state index in [9.17, 15) is 8.42 Å². The number of hydrogen-bond acceptors (Lipinski definition) is 7. The summed E-state index contributed by atoms with van der Waals surface area (Å²) >= 11 is 0. The molecule has 1 aromatic heterocycles. The Morgan fingerprint density at radius 3 is 2.68 bits per heavy atom. The Hall–Kier alpha value is -1.26. The van der Waals surface area contributed by atoms with E-state index in [-0.39, 0.29) is 18.2 Å². The van der Waals surface area contributed by atoms with Crippen molar-refractivity contribution in [3.63, 3.8) is 0 Å². The van der Waals surface area contributed by atoms with Crippen molar-refractivity contribution in [1.29, 1.82) is 0 Å². The van der Waals surface area contributed by atoms with Crippen LogP contribution in [0.15, 0.2) is 12.3 Å². The molecular formula is C22H35N3O5S. The highest BCUT2D eigenvalue weighted by Crippen LogP contribution is 2.39. The molecule has 0 spiro atoms. The Labute approximate surface area is 185 Å². The van der Waals surface area contributed by atoms with Gasteiger partial charge in [-0.05, 0) is 70.0 Å². The van der Waals surface area contributed by atoms with Crippen LogP contribution in [-0.4, -0.2) is 69.8 Å². The van der Waals surface area contributed by atoms with Crippen molar-refractivity contribution < 1.29 is 22.6 Å². The first-order chi connectivity index (χ1) is 15.0. The van der Waals surface area contributed by atoms with Crippen molar-refractivity contribution >= 4 is 10.0 Å². The fourth-order valence-corrected chi connectivity index (χ4v) is 6.28. The first-order valence-corrected chi connectivity index (χ1v) is 13.0. The Morgan fingerprint density at radius 1 is 1.23 bits per heavy atom. The lowest BCUT2D eigenvalue weighted by molar-refractivity contribution is 0.0122. The van der Waals surface area contributed by atoms with E-state index in [1.807, 2.05) is 13.1 Å². The summed E-state index contributed by atoms with van der Waals surface area (Å²) in [6, 6.07) is 1.95. The quantitative estimate of drug-likeness (QED) is 0.589. The molecule has 1 aromatic rings. The summed E-state index contributed by atoms with van der Waals surface area (Å²) in [6.07, 6.45) is 6.90. The third-order valence-electron chi connectivity index (χ3n) is 6.76. The Balaban J connectivity index is 1.27. The molecule has 3 heterocycles. The zero-order valence-corrected chi connectivity index (χ0v) is 19.3. The van der Waals surface area contributed by atoms with Gasteiger partial charge in [-0.15, -0.1) is 0 Å². The second kappa shape index (κ2) is 10.1. The number of rotatable bonds is 9. The molecule has 0 bridgehead atoms. The summed E-state index contributed by atoms with van der Waals surface area (Å²) in [5.41, 5.74) is 2.49. The monoisotopic (exact) mass is 453 g/mol. The van der Waals surface area contributed by atoms with Crippen LogP contribution in [0.4, 0.5) is 0 Å². The molecule has 0 aromatic carbocycles. The number of ether oxygens (including phenoxy) is 3. The Morgan fingerprint density at radius 2 is 2.00 bits per heavy atom. The predicted octanol–water partition coefficient (Wildman–Crippen LogP) is 1.88. The van der Waals surface area contributed by atoms with Crippen LogP contribution >= 0.6 is 0 Å². The largest absolute Gasteiger partial charge is 0.478 e. The molecule has 2 N–H and O–H groups in total. The average molecular weight is 454 g/mol. The van der Waals surface area contributed by atoms with Crippen molar-refractivity contribution in [2.45, 2.75) is 75.3 Å². The van der Waals surface area contributed by atoms with E-state index in [1.54, 1.807) is 0 Å². The smallest absolute Gasteiger partial charge is 0.219 e. The summed E-state index contributed by atoms with van der Waals surface area (Å²) in [7, 11) is -3.32. The number of aryl methyl sites for hydroxylation is 1. The molecule has 2 aliphatic heterocycles. The third-order valence-corrected chi connectivity index (χ3v) is 8.54. The molecule has 8 nitrogen and oxygen atoms in total. The molecule has 31 heavy (non-hydrogen) atoms. The van der Waals surface area contributed by atoms with Gasteiger partial charge in [0.2, 0.25) is 15.9 Å². The van der Waals surface area contributed by atoms with Crippen molar-refractivity contribution in [3.8, 4) is 5.88 Å². The molecule has 4 rings (SSSR count). The van der Waals surface area contributed by atoms with Gasteiger partial charge in [0, 0.05) is 23.8 Å². The molecule has 0 unspecified atom stereocenters. The number of pyridine rings is 1. The lowest BCUT2D eigenvalue weighted by atomic mass is 9.81. The second-order valence-electron chi connectivity index (χ2n) is 8.86. The molecule has 174 valence electrons. The first-order valence-electron chi connectivity index (χ1n) is 11.5. The van der Waals surface area contributed by atoms with E-state index >= 15 is 0 Å². The lowest BCUT2D eigenvalue weighted by Crippen LogP contribution is -2.53. The zero-order valence-electron chi connectivity index (χ0n) is 18.5. The molecule has 2 atom stereocenters. The van der Waals surface area contributed by atoms with Gasteiger partial charge in [-0.3, -0.25) is 0 Å². The van der Waals surface area contributed by atoms with Crippen LogP contribution < -0.4 is 14.8 Å². The number of nitrogens with one attached hydrogen (secondary N) is 2. The lowest BCUT2D eigenvalue weighted by Gasteiger charge is -2.32. The molecule has 2 saturated heterocycles. The van der Waals surface area contributed by atoms with Crippen LogP contribution in [0.3, 0.4) is 0 Å². The third kappa shape index (κ3) is 5.39. The number of hydrogen-bond donors (Lipinski definition) is 2. The van der Waals surface area contributed by atoms with Crippen LogP contribution in [0, 0.1) is 6.92 Å². The van der Waals surface area contributed by atoms with Crippen molar-refractivity contribution in [2.24, 2.45) is 0 Å². The summed E-state index contributed by atoms with van der Waals surface area (Å²) in [4.78, 5) is 4.45. The highest BCUT2D eigenvalue weighted by Gasteiger charge is 2.38. The Bertz CT molecular complexity index is 838. The maximum absolute atomic E-state index is 12.4. The summed E-state index contributed by atoms with van der Waals surface area (Å²) in [5, 5.41) is 2.99. The highest BCUT2D eigenvalue weighted by atomic mass is 32.2. The van der Waals surface area contributed by atoms with Crippen molar-refractivity contribution in [3.05, 3.63) is 23.4 Å². The summed E-state index contributed by atoms with van der Waals surface area (Å²) < 4.78 is 44.8. The van der Waals surface area contributed by atoms with Crippen LogP contribution in [0.25, 0.3) is 0 Å². The van der Waals surface area contributed by atoms with Gasteiger partial charge in [-0.25, -0.2) is 18.1 Å². The molecule has 3 aliphatic rings. The molecule has 0 radical (unpaired) electrons. The predicted molar refractivity (Wildman–Crippen MR) is 118 cm³/mol. The molecule has 0 amide bonds. The van der Waals surface area contributed by atoms with Crippen LogP contribution in [0.1, 0.15) is 56.1 Å². The minimum Gasteiger partial charge on any atom is -0.478 e. The van der Waals surface area contributed by atoms with Crippen LogP contribution in [0.5, 0.6) is 5.88 Å². The SMILES string of the molecule is CCOc1nccc(C)c1[C@H]1CC[C@@H](OC[C@@H]2NCC[C@@H]2NS(=O)(=O)C2COC2)CC1. The van der Waals surface area contributed by atoms with Gasteiger partial charge in [0.05, 0.1) is 32.5 Å². The maximum atomic E-state index is 12.4. The maximum Gasteiger partial charge on any atom is 0.219 e. The summed E-state index contributed by atoms with van der Waals surface area (Å²) in [6.45, 7) is 6.65. The molecular weight excluding hydrogens is 418 g/mol. The highest BCUT2D eigenvalue weighted by molar-refractivity contribution is 7.90. The molecule has 1 saturated carbocycles. The van der Waals surface area contributed by atoms with Gasteiger partial charge in [-0.1, -0.05) is 0 Å². The molecule has 9 heteroatoms. The van der Waals surface area contributed by atoms with E-state index in [2.05, 4.69) is 28.0 Å². The minimum absolute atomic E-state index is 0.0126. The molecule has 3 fully saturated rings. The van der Waals surface area contributed by atoms with Gasteiger partial charge in [-0.2, -0.15) is 0 Å². The van der Waals surface area contributed by atoms with E-state index in [4.69, 9.17) is 14.2 Å². The van der Waals surface area contributed by atoms with E-state index < -0.39 is 15.3 Å². The second-order valence-corrected chi connectivity index (χ2v) is 10.9. The average Bonchev–Trinajstić information content (AvgIpc) is 3.12. The number of nitrogens with zero attached hydrogens (tertiary/aromatic N) is 1. The van der Waals surface area contributed by atoms with Crippen LogP contribution in [0.2, 0.25) is 0 Å². The van der Waals surface area contributed by atoms with Gasteiger partial charge in [0.1, 0.15) is 5.25 Å². The fraction of sp³-hybridized carbons (Fsp3) is 0.773. The van der Waals surface area contributed by atoms with Gasteiger partial charge in [0.25, 0.3) is 0 Å². The zero-order chi connectivity index (χ0) is 21.8. The summed E-state index contributed by atoms with van der Waals surface area (Å²) in [5.74, 6) is 1.22. The van der Waals surface area contributed by atoms with Crippen molar-refractivity contribution in [1.82, 2.24) is 15.0 Å². The van der Waals surface area contributed by atoms with Gasteiger partial charge < -0.3 is 19.5 Å². The number of sulfonamides is 1.